The Bertz CT molecular complexity index is 1880. The minimum absolute atomic E-state index is 0.473. The lowest BCUT2D eigenvalue weighted by molar-refractivity contribution is -0.659. The van der Waals surface area contributed by atoms with Crippen molar-refractivity contribution >= 4 is 43.5 Å². The van der Waals surface area contributed by atoms with Gasteiger partial charge in [-0.1, -0.05) is 56.2 Å². The molecule has 2 nitrogen and oxygen atoms in total. The van der Waals surface area contributed by atoms with Crippen molar-refractivity contribution in [2.45, 2.75) is 33.5 Å². The molecule has 0 fully saturated rings. The van der Waals surface area contributed by atoms with Crippen LogP contribution in [0.3, 0.4) is 0 Å². The van der Waals surface area contributed by atoms with Gasteiger partial charge in [0.1, 0.15) is 18.2 Å². The first-order valence-electron chi connectivity index (χ1n) is 13.3. The maximum absolute atomic E-state index is 8.57. The molecule has 0 bridgehead atoms. The van der Waals surface area contributed by atoms with Gasteiger partial charge >= 0.3 is 0 Å². The number of fused-ring (bicyclic) bond motifs is 6. The first-order chi connectivity index (χ1) is 17.5. The fourth-order valence-electron chi connectivity index (χ4n) is 5.11. The maximum atomic E-state index is 8.57. The molecule has 6 rings (SSSR count). The average Bonchev–Trinajstić information content (AvgIpc) is 3.23. The molecule has 0 spiro atoms. The highest BCUT2D eigenvalue weighted by molar-refractivity contribution is 6.21. The Labute approximate surface area is 199 Å². The van der Waals surface area contributed by atoms with Crippen molar-refractivity contribution in [3.63, 3.8) is 0 Å². The van der Waals surface area contributed by atoms with Crippen molar-refractivity contribution in [3.05, 3.63) is 89.6 Å². The Balaban J connectivity index is 1.71. The van der Waals surface area contributed by atoms with E-state index in [1.165, 1.54) is 23.3 Å². The van der Waals surface area contributed by atoms with E-state index in [4.69, 9.17) is 9.90 Å². The van der Waals surface area contributed by atoms with E-state index in [0.29, 0.717) is 5.56 Å². The number of rotatable bonds is 2. The third-order valence-corrected chi connectivity index (χ3v) is 6.98. The molecule has 6 aromatic rings. The fourth-order valence-corrected chi connectivity index (χ4v) is 5.11. The summed E-state index contributed by atoms with van der Waals surface area (Å²) in [5.74, 6) is -1.70. The zero-order valence-electron chi connectivity index (χ0n) is 23.3. The van der Waals surface area contributed by atoms with Crippen LogP contribution in [-0.4, -0.2) is 0 Å². The van der Waals surface area contributed by atoms with Crippen LogP contribution in [0.25, 0.3) is 54.7 Å². The first kappa shape index (κ1) is 16.0. The Hall–Kier alpha value is -3.65. The Morgan fingerprint density at radius 2 is 1.76 bits per heavy atom. The summed E-state index contributed by atoms with van der Waals surface area (Å²) in [6.45, 7) is 3.28. The lowest BCUT2D eigenvalue weighted by atomic mass is 9.92. The van der Waals surface area contributed by atoms with Gasteiger partial charge in [0, 0.05) is 22.3 Å². The largest absolute Gasteiger partial charge is 0.455 e. The third kappa shape index (κ3) is 2.90. The van der Waals surface area contributed by atoms with Crippen molar-refractivity contribution < 1.29 is 14.5 Å². The lowest BCUT2D eigenvalue weighted by Crippen LogP contribution is -2.31. The number of aryl methyl sites for hydroxylation is 2. The molecule has 4 aromatic carbocycles. The smallest absolute Gasteiger partial charge is 0.224 e. The monoisotopic (exact) mass is 434 g/mol. The number of pyridine rings is 1. The highest BCUT2D eigenvalue weighted by Crippen LogP contribution is 2.42. The van der Waals surface area contributed by atoms with Crippen LogP contribution in [0.2, 0.25) is 0 Å². The van der Waals surface area contributed by atoms with E-state index in [1.54, 1.807) is 6.07 Å². The molecule has 0 amide bonds. The van der Waals surface area contributed by atoms with Crippen LogP contribution in [0.4, 0.5) is 0 Å². The summed E-state index contributed by atoms with van der Waals surface area (Å²) in [6.07, 6.45) is 1.99. The fraction of sp³-hybridized carbons (Fsp3) is 0.194. The molecule has 0 radical (unpaired) electrons. The summed E-state index contributed by atoms with van der Waals surface area (Å²) in [5.41, 5.74) is 6.51. The number of furan rings is 1. The van der Waals surface area contributed by atoms with Gasteiger partial charge in [-0.05, 0) is 70.8 Å². The summed E-state index contributed by atoms with van der Waals surface area (Å²) < 4.78 is 40.9. The molecule has 0 saturated heterocycles. The molecule has 33 heavy (non-hydrogen) atoms. The van der Waals surface area contributed by atoms with Crippen LogP contribution in [0, 0.1) is 13.8 Å². The van der Waals surface area contributed by atoms with Gasteiger partial charge in [0.2, 0.25) is 5.69 Å². The molecule has 162 valence electrons. The minimum atomic E-state index is -2.43. The van der Waals surface area contributed by atoms with Crippen LogP contribution in [-0.2, 0) is 7.05 Å². The Morgan fingerprint density at radius 3 is 2.61 bits per heavy atom. The lowest BCUT2D eigenvalue weighted by Gasteiger charge is -2.12. The molecule has 1 atom stereocenters. The van der Waals surface area contributed by atoms with Crippen molar-refractivity contribution in [2.75, 3.05) is 0 Å². The summed E-state index contributed by atoms with van der Waals surface area (Å²) in [5, 5.41) is 6.41. The first-order valence-corrected chi connectivity index (χ1v) is 11.3. The van der Waals surface area contributed by atoms with E-state index < -0.39 is 12.7 Å². The Morgan fingerprint density at radius 1 is 0.909 bits per heavy atom. The quantitative estimate of drug-likeness (QED) is 0.251. The van der Waals surface area contributed by atoms with Crippen molar-refractivity contribution in [1.29, 1.82) is 0 Å². The standard InChI is InChI=1S/C31H28NO/c1-18(2)22-10-12-25-23(17-22)14-15-32(5)30(25)28-20(4)19(3)16-26-29-24-9-7-6-8-21(24)11-13-27(29)33-31(26)28/h6-18H,1-5H3/q+1/i1D3,18D. The van der Waals surface area contributed by atoms with Gasteiger partial charge in [0.15, 0.2) is 6.20 Å². The number of hydrogen-bond acceptors (Lipinski definition) is 1. The molecule has 0 aliphatic rings. The number of nitrogens with zero attached hydrogens (tertiary/aromatic N) is 1. The third-order valence-electron chi connectivity index (χ3n) is 6.98. The minimum Gasteiger partial charge on any atom is -0.455 e. The van der Waals surface area contributed by atoms with E-state index in [0.717, 1.165) is 49.5 Å². The van der Waals surface area contributed by atoms with E-state index in [1.807, 2.05) is 37.5 Å². The molecule has 0 aliphatic heterocycles. The van der Waals surface area contributed by atoms with Crippen LogP contribution in [0.5, 0.6) is 0 Å². The zero-order valence-corrected chi connectivity index (χ0v) is 19.3. The normalized spacial score (nSPS) is 16.0. The summed E-state index contributed by atoms with van der Waals surface area (Å²) in [6, 6.07) is 22.3. The molecule has 0 aliphatic carbocycles. The van der Waals surface area contributed by atoms with E-state index in [9.17, 15) is 0 Å². The van der Waals surface area contributed by atoms with Crippen LogP contribution in [0.1, 0.15) is 41.8 Å². The second kappa shape index (κ2) is 7.18. The maximum Gasteiger partial charge on any atom is 0.224 e. The van der Waals surface area contributed by atoms with E-state index >= 15 is 0 Å². The SMILES string of the molecule is [2H]C([2H])([2H])C([2H])(C)c1ccc2c(-c3c(C)c(C)cc4c3oc3ccc5ccccc5c34)[n+](C)ccc2c1. The number of benzene rings is 4. The highest BCUT2D eigenvalue weighted by Gasteiger charge is 2.25. The summed E-state index contributed by atoms with van der Waals surface area (Å²) >= 11 is 0. The second-order valence-corrected chi connectivity index (χ2v) is 9.03. The van der Waals surface area contributed by atoms with Crippen molar-refractivity contribution in [2.24, 2.45) is 7.05 Å². The number of aromatic nitrogens is 1. The summed E-state index contributed by atoms with van der Waals surface area (Å²) in [7, 11) is 2.02. The highest BCUT2D eigenvalue weighted by atomic mass is 16.3. The van der Waals surface area contributed by atoms with E-state index in [-0.39, 0.29) is 0 Å². The van der Waals surface area contributed by atoms with Gasteiger partial charge in [-0.2, -0.15) is 0 Å². The molecule has 2 aromatic heterocycles. The molecule has 0 saturated carbocycles. The zero-order chi connectivity index (χ0) is 26.3. The van der Waals surface area contributed by atoms with Crippen LogP contribution in [0.15, 0.2) is 77.3 Å². The van der Waals surface area contributed by atoms with Crippen LogP contribution >= 0.6 is 0 Å². The predicted octanol–water partition coefficient (Wildman–Crippen LogP) is 8.12. The topological polar surface area (TPSA) is 17.0 Å². The predicted molar refractivity (Wildman–Crippen MR) is 139 cm³/mol. The number of hydrogen-bond donors (Lipinski definition) is 0. The van der Waals surface area contributed by atoms with Gasteiger partial charge < -0.3 is 4.42 Å². The molecule has 0 N–H and O–H groups in total. The second-order valence-electron chi connectivity index (χ2n) is 9.03. The van der Waals surface area contributed by atoms with E-state index in [2.05, 4.69) is 54.8 Å². The van der Waals surface area contributed by atoms with Gasteiger partial charge in [-0.3, -0.25) is 0 Å². The van der Waals surface area contributed by atoms with Crippen LogP contribution < -0.4 is 4.57 Å². The van der Waals surface area contributed by atoms with Gasteiger partial charge in [0.05, 0.1) is 10.9 Å². The molecular weight excluding hydrogens is 402 g/mol. The van der Waals surface area contributed by atoms with Crippen molar-refractivity contribution in [3.8, 4) is 11.3 Å². The molecule has 2 heteroatoms. The average molecular weight is 435 g/mol. The Kier molecular flexibility index (Phi) is 3.49. The van der Waals surface area contributed by atoms with Gasteiger partial charge in [-0.15, -0.1) is 0 Å². The van der Waals surface area contributed by atoms with Crippen molar-refractivity contribution in [1.82, 2.24) is 0 Å². The van der Waals surface area contributed by atoms with Gasteiger partial charge in [0.25, 0.3) is 0 Å². The molecule has 1 unspecified atom stereocenters. The van der Waals surface area contributed by atoms with Gasteiger partial charge in [-0.25, -0.2) is 4.57 Å². The molecular formula is C31H28NO+. The summed E-state index contributed by atoms with van der Waals surface area (Å²) in [4.78, 5) is 0. The molecule has 2 heterocycles.